The number of rotatable bonds is 4. The molecule has 1 aliphatic heterocycles. The predicted octanol–water partition coefficient (Wildman–Crippen LogP) is 5.23. The number of amides is 1. The summed E-state index contributed by atoms with van der Waals surface area (Å²) in [6, 6.07) is 9.78. The van der Waals surface area contributed by atoms with Gasteiger partial charge in [0.1, 0.15) is 33.8 Å². The molecule has 12 heteroatoms. The molecule has 2 unspecified atom stereocenters. The molecule has 1 aromatic carbocycles. The Morgan fingerprint density at radius 2 is 2.00 bits per heavy atom. The highest BCUT2D eigenvalue weighted by molar-refractivity contribution is 5.97. The summed E-state index contributed by atoms with van der Waals surface area (Å²) in [4.78, 5) is 31.3. The lowest BCUT2D eigenvalue weighted by molar-refractivity contribution is 0.0288. The van der Waals surface area contributed by atoms with E-state index in [9.17, 15) is 20.0 Å². The Morgan fingerprint density at radius 3 is 2.71 bits per heavy atom. The molecule has 1 aliphatic carbocycles. The lowest BCUT2D eigenvalue weighted by Crippen LogP contribution is -2.35. The Labute approximate surface area is 242 Å². The summed E-state index contributed by atoms with van der Waals surface area (Å²) in [5, 5.41) is 28.5. The molecule has 3 aromatic heterocycles. The van der Waals surface area contributed by atoms with Crippen LogP contribution in [0.2, 0.25) is 0 Å². The van der Waals surface area contributed by atoms with Crippen LogP contribution in [0, 0.1) is 11.3 Å². The number of hydrogen-bond acceptors (Lipinski definition) is 8. The highest BCUT2D eigenvalue weighted by atomic mass is 16.6. The largest absolute Gasteiger partial charge is 0.494 e. The Morgan fingerprint density at radius 1 is 1.19 bits per heavy atom. The molecule has 0 saturated carbocycles. The molecule has 4 aromatic rings. The van der Waals surface area contributed by atoms with Crippen molar-refractivity contribution >= 4 is 23.2 Å². The highest BCUT2D eigenvalue weighted by Gasteiger charge is 2.32. The third kappa shape index (κ3) is 4.70. The summed E-state index contributed by atoms with van der Waals surface area (Å²) >= 11 is 0. The number of hydrogen-bond donors (Lipinski definition) is 1. The molecule has 1 saturated heterocycles. The van der Waals surface area contributed by atoms with Gasteiger partial charge in [-0.3, -0.25) is 4.68 Å². The first-order valence-electron chi connectivity index (χ1n) is 13.8. The number of carboxylic acid groups (broad SMARTS) is 1. The van der Waals surface area contributed by atoms with E-state index in [1.165, 1.54) is 7.11 Å². The maximum absolute atomic E-state index is 12.6. The first-order valence-corrected chi connectivity index (χ1v) is 13.8. The second-order valence-electron chi connectivity index (χ2n) is 11.6. The molecule has 1 amide bonds. The average molecular weight is 570 g/mol. The van der Waals surface area contributed by atoms with Crippen LogP contribution in [0.25, 0.3) is 33.5 Å². The van der Waals surface area contributed by atoms with Crippen molar-refractivity contribution in [1.82, 2.24) is 29.4 Å². The molecule has 0 spiro atoms. The van der Waals surface area contributed by atoms with Crippen molar-refractivity contribution in [3.05, 3.63) is 47.8 Å². The number of ether oxygens (including phenoxy) is 2. The number of carbonyl (C=O) groups is 2. The summed E-state index contributed by atoms with van der Waals surface area (Å²) in [5.41, 5.74) is 4.50. The van der Waals surface area contributed by atoms with Crippen LogP contribution in [0.1, 0.15) is 56.7 Å². The fourth-order valence-corrected chi connectivity index (χ4v) is 5.83. The van der Waals surface area contributed by atoms with Crippen molar-refractivity contribution in [3.63, 3.8) is 0 Å². The molecule has 4 heterocycles. The summed E-state index contributed by atoms with van der Waals surface area (Å²) < 4.78 is 13.9. The van der Waals surface area contributed by atoms with Gasteiger partial charge in [0.25, 0.3) is 0 Å². The van der Waals surface area contributed by atoms with Crippen molar-refractivity contribution in [2.75, 3.05) is 20.2 Å². The van der Waals surface area contributed by atoms with Crippen molar-refractivity contribution in [1.29, 1.82) is 5.26 Å². The van der Waals surface area contributed by atoms with Crippen LogP contribution in [-0.2, 0) is 11.2 Å². The van der Waals surface area contributed by atoms with Crippen LogP contribution >= 0.6 is 0 Å². The van der Waals surface area contributed by atoms with Crippen LogP contribution < -0.4 is 4.74 Å². The smallest absolute Gasteiger partial charge is 0.432 e. The van der Waals surface area contributed by atoms with Gasteiger partial charge in [-0.25, -0.2) is 14.6 Å². The second kappa shape index (κ2) is 10.2. The van der Waals surface area contributed by atoms with Gasteiger partial charge < -0.3 is 19.5 Å². The molecule has 1 fully saturated rings. The van der Waals surface area contributed by atoms with Gasteiger partial charge in [-0.1, -0.05) is 18.2 Å². The molecule has 12 nitrogen and oxygen atoms in total. The minimum Gasteiger partial charge on any atom is -0.494 e. The van der Waals surface area contributed by atoms with Crippen LogP contribution in [0.3, 0.4) is 0 Å². The van der Waals surface area contributed by atoms with E-state index in [-0.39, 0.29) is 23.6 Å². The van der Waals surface area contributed by atoms with Crippen molar-refractivity contribution in [2.24, 2.45) is 0 Å². The molecule has 42 heavy (non-hydrogen) atoms. The molecule has 2 atom stereocenters. The van der Waals surface area contributed by atoms with E-state index < -0.39 is 11.7 Å². The Kier molecular flexibility index (Phi) is 6.60. The zero-order valence-corrected chi connectivity index (χ0v) is 23.9. The maximum Gasteiger partial charge on any atom is 0.432 e. The number of aromatic nitrogens is 5. The summed E-state index contributed by atoms with van der Waals surface area (Å²) in [7, 11) is 1.52. The number of nitriles is 1. The molecule has 6 rings (SSSR count). The van der Waals surface area contributed by atoms with E-state index in [4.69, 9.17) is 14.5 Å². The number of nitrogens with zero attached hydrogens (tertiary/aromatic N) is 7. The first-order chi connectivity index (χ1) is 20.1. The van der Waals surface area contributed by atoms with Gasteiger partial charge in [0.2, 0.25) is 0 Å². The van der Waals surface area contributed by atoms with Crippen LogP contribution in [0.4, 0.5) is 9.59 Å². The fraction of sp³-hybridized carbons (Fsp3) is 0.400. The molecular formula is C30H31N7O5. The lowest BCUT2D eigenvalue weighted by atomic mass is 9.97. The lowest BCUT2D eigenvalue weighted by Gasteiger charge is -2.24. The third-order valence-electron chi connectivity index (χ3n) is 7.77. The average Bonchev–Trinajstić information content (AvgIpc) is 3.74. The SMILES string of the molecule is COc1cc2c(nc1-c1cccc3c1CCC3C#N)c(-c1cnn(C3CCN(C(=O)OC(C)(C)C)C3)c1)nn2C(=O)O. The Bertz CT molecular complexity index is 1760. The monoisotopic (exact) mass is 569 g/mol. The van der Waals surface area contributed by atoms with E-state index in [1.807, 2.05) is 39.0 Å². The molecule has 0 bridgehead atoms. The van der Waals surface area contributed by atoms with Gasteiger partial charge in [0, 0.05) is 36.5 Å². The topological polar surface area (TPSA) is 148 Å². The molecule has 0 radical (unpaired) electrons. The standard InChI is InChI=1S/C30H31N7O5/c1-30(2,3)42-29(40)35-11-10-19(16-35)36-15-18(14-32-36)25-27-23(37(34-25)28(38)39)12-24(41-4)26(33-27)22-7-5-6-20-17(13-31)8-9-21(20)22/h5-7,12,14-15,17,19H,8-11,16H2,1-4H3,(H,38,39). The van der Waals surface area contributed by atoms with E-state index in [1.54, 1.807) is 28.0 Å². The quantitative estimate of drug-likeness (QED) is 0.349. The summed E-state index contributed by atoms with van der Waals surface area (Å²) in [5.74, 6) is 0.238. The number of benzene rings is 1. The first kappa shape index (κ1) is 27.3. The minimum absolute atomic E-state index is 0.0670. The summed E-state index contributed by atoms with van der Waals surface area (Å²) in [6.45, 7) is 6.50. The van der Waals surface area contributed by atoms with Crippen LogP contribution in [-0.4, -0.2) is 72.5 Å². The molecular weight excluding hydrogens is 538 g/mol. The number of pyridine rings is 1. The predicted molar refractivity (Wildman–Crippen MR) is 152 cm³/mol. The van der Waals surface area contributed by atoms with E-state index in [2.05, 4.69) is 16.3 Å². The molecule has 216 valence electrons. The van der Waals surface area contributed by atoms with Crippen molar-refractivity contribution in [3.8, 4) is 34.3 Å². The van der Waals surface area contributed by atoms with Gasteiger partial charge in [-0.05, 0) is 51.2 Å². The van der Waals surface area contributed by atoms with E-state index in [0.29, 0.717) is 47.7 Å². The maximum atomic E-state index is 12.6. The van der Waals surface area contributed by atoms with Crippen molar-refractivity contribution in [2.45, 2.75) is 57.6 Å². The minimum atomic E-state index is -1.25. The molecule has 1 N–H and O–H groups in total. The Balaban J connectivity index is 1.39. The van der Waals surface area contributed by atoms with Gasteiger partial charge in [-0.15, -0.1) is 0 Å². The van der Waals surface area contributed by atoms with E-state index in [0.717, 1.165) is 34.2 Å². The van der Waals surface area contributed by atoms with Crippen molar-refractivity contribution < 1.29 is 24.2 Å². The van der Waals surface area contributed by atoms with Crippen LogP contribution in [0.5, 0.6) is 5.75 Å². The number of methoxy groups -OCH3 is 1. The Hall–Kier alpha value is -4.92. The number of fused-ring (bicyclic) bond motifs is 2. The van der Waals surface area contributed by atoms with Crippen LogP contribution in [0.15, 0.2) is 36.7 Å². The normalized spacial score (nSPS) is 18.2. The third-order valence-corrected chi connectivity index (χ3v) is 7.77. The van der Waals surface area contributed by atoms with Gasteiger partial charge in [0.05, 0.1) is 31.3 Å². The number of carbonyl (C=O) groups excluding carboxylic acids is 1. The summed E-state index contributed by atoms with van der Waals surface area (Å²) in [6.07, 6.45) is 4.00. The van der Waals surface area contributed by atoms with Gasteiger partial charge in [0.15, 0.2) is 0 Å². The highest BCUT2D eigenvalue weighted by Crippen LogP contribution is 2.42. The fourth-order valence-electron chi connectivity index (χ4n) is 5.83. The van der Waals surface area contributed by atoms with Gasteiger partial charge in [-0.2, -0.15) is 20.1 Å². The number of likely N-dealkylation sites (tertiary alicyclic amines) is 1. The van der Waals surface area contributed by atoms with E-state index >= 15 is 0 Å². The van der Waals surface area contributed by atoms with Gasteiger partial charge >= 0.3 is 12.2 Å². The zero-order valence-electron chi connectivity index (χ0n) is 23.9. The zero-order chi connectivity index (χ0) is 29.8. The second-order valence-corrected chi connectivity index (χ2v) is 11.6. The molecule has 2 aliphatic rings.